The molecule has 2 aromatic carbocycles. The zero-order chi connectivity index (χ0) is 29.6. The second-order valence-corrected chi connectivity index (χ2v) is 10.1. The summed E-state index contributed by atoms with van der Waals surface area (Å²) < 4.78 is 33.3. The number of imidazole rings is 1. The molecule has 0 aliphatic rings. The number of nitrogens with one attached hydrogen (secondary N) is 1. The van der Waals surface area contributed by atoms with Crippen molar-refractivity contribution in [2.24, 2.45) is 7.05 Å². The standard InChI is InChI=1S/C31H22Cl2F2N4O2/c1-5-18-15-24(31(41)19-13-21(34)28(22(35)14-19)37-25(40)9-6-10-32)39-11-7-8-20(30(18)39)26-16(2)12-23-29(27(26)33)36-17(3)38(23)4/h1,6-9,11-15H,10H2,2-4H3,(H,37,40)/b9-6+. The Morgan fingerprint density at radius 3 is 2.54 bits per heavy atom. The molecule has 3 heterocycles. The Morgan fingerprint density at radius 1 is 1.17 bits per heavy atom. The van der Waals surface area contributed by atoms with Crippen molar-refractivity contribution in [2.45, 2.75) is 13.8 Å². The van der Waals surface area contributed by atoms with Gasteiger partial charge in [-0.15, -0.1) is 18.0 Å². The number of anilines is 1. The molecule has 10 heteroatoms. The van der Waals surface area contributed by atoms with E-state index in [-0.39, 0.29) is 17.1 Å². The van der Waals surface area contributed by atoms with E-state index in [4.69, 9.17) is 29.6 Å². The van der Waals surface area contributed by atoms with E-state index in [9.17, 15) is 18.4 Å². The third-order valence-corrected chi connectivity index (χ3v) is 7.44. The number of aryl methyl sites for hydroxylation is 3. The van der Waals surface area contributed by atoms with Gasteiger partial charge in [-0.25, -0.2) is 13.8 Å². The van der Waals surface area contributed by atoms with Crippen LogP contribution in [-0.2, 0) is 11.8 Å². The minimum Gasteiger partial charge on any atom is -0.331 e. The second-order valence-electron chi connectivity index (χ2n) is 9.39. The van der Waals surface area contributed by atoms with Gasteiger partial charge in [0.05, 0.1) is 27.3 Å². The summed E-state index contributed by atoms with van der Waals surface area (Å²) in [5, 5.41) is 2.56. The van der Waals surface area contributed by atoms with Crippen LogP contribution >= 0.6 is 23.2 Å². The Labute approximate surface area is 244 Å². The first-order valence-corrected chi connectivity index (χ1v) is 13.3. The van der Waals surface area contributed by atoms with Crippen molar-refractivity contribution in [3.63, 3.8) is 0 Å². The van der Waals surface area contributed by atoms with Gasteiger partial charge in [0.2, 0.25) is 11.7 Å². The number of amides is 1. The lowest BCUT2D eigenvalue weighted by molar-refractivity contribution is -0.112. The van der Waals surface area contributed by atoms with Gasteiger partial charge in [-0.3, -0.25) is 9.59 Å². The van der Waals surface area contributed by atoms with Crippen LogP contribution in [0.15, 0.2) is 54.7 Å². The number of terminal acetylenes is 1. The lowest BCUT2D eigenvalue weighted by Crippen LogP contribution is -2.13. The molecule has 1 N–H and O–H groups in total. The monoisotopic (exact) mass is 590 g/mol. The summed E-state index contributed by atoms with van der Waals surface area (Å²) in [6.07, 6.45) is 9.88. The van der Waals surface area contributed by atoms with Gasteiger partial charge in [0.25, 0.3) is 0 Å². The fourth-order valence-electron chi connectivity index (χ4n) is 4.89. The molecule has 5 rings (SSSR count). The van der Waals surface area contributed by atoms with E-state index in [1.54, 1.807) is 16.7 Å². The number of halogens is 4. The number of carbonyl (C=O) groups excluding carboxylic acids is 2. The van der Waals surface area contributed by atoms with Crippen LogP contribution in [0, 0.1) is 37.8 Å². The summed E-state index contributed by atoms with van der Waals surface area (Å²) in [5.74, 6) is -0.180. The molecule has 0 saturated carbocycles. The van der Waals surface area contributed by atoms with Crippen LogP contribution in [-0.4, -0.2) is 31.5 Å². The number of alkyl halides is 1. The van der Waals surface area contributed by atoms with E-state index in [0.717, 1.165) is 35.1 Å². The Morgan fingerprint density at radius 2 is 1.88 bits per heavy atom. The average Bonchev–Trinajstić information content (AvgIpc) is 3.46. The highest BCUT2D eigenvalue weighted by molar-refractivity contribution is 6.38. The fourth-order valence-corrected chi connectivity index (χ4v) is 5.37. The van der Waals surface area contributed by atoms with Crippen molar-refractivity contribution >= 4 is 57.1 Å². The van der Waals surface area contributed by atoms with Gasteiger partial charge in [0.1, 0.15) is 28.7 Å². The van der Waals surface area contributed by atoms with E-state index >= 15 is 0 Å². The van der Waals surface area contributed by atoms with Gasteiger partial charge in [0, 0.05) is 41.9 Å². The summed E-state index contributed by atoms with van der Waals surface area (Å²) in [6.45, 7) is 3.81. The molecule has 3 aromatic heterocycles. The Kier molecular flexibility index (Phi) is 7.43. The maximum absolute atomic E-state index is 14.9. The van der Waals surface area contributed by atoms with Crippen LogP contribution < -0.4 is 5.32 Å². The van der Waals surface area contributed by atoms with E-state index in [0.29, 0.717) is 32.7 Å². The number of hydrogen-bond acceptors (Lipinski definition) is 3. The molecular formula is C31H22Cl2F2N4O2. The SMILES string of the molecule is C#Cc1cc(C(=O)c2cc(F)c(NC(=O)/C=C/CCl)c(F)c2)n2cccc(-c3c(C)cc4c(nc(C)n4C)c3Cl)c12. The number of ketones is 1. The molecule has 0 bridgehead atoms. The number of nitrogens with zero attached hydrogens (tertiary/aromatic N) is 3. The zero-order valence-corrected chi connectivity index (χ0v) is 23.7. The number of aromatic nitrogens is 3. The van der Waals surface area contributed by atoms with Crippen LogP contribution in [0.2, 0.25) is 5.02 Å². The number of rotatable bonds is 6. The summed E-state index contributed by atoms with van der Waals surface area (Å²) in [4.78, 5) is 30.1. The van der Waals surface area contributed by atoms with Gasteiger partial charge < -0.3 is 14.3 Å². The minimum absolute atomic E-state index is 0.0572. The van der Waals surface area contributed by atoms with Crippen molar-refractivity contribution in [1.29, 1.82) is 0 Å². The van der Waals surface area contributed by atoms with E-state index < -0.39 is 29.0 Å². The summed E-state index contributed by atoms with van der Waals surface area (Å²) in [6, 6.07) is 8.79. The van der Waals surface area contributed by atoms with E-state index in [2.05, 4.69) is 16.2 Å². The number of fused-ring (bicyclic) bond motifs is 2. The molecule has 5 aromatic rings. The van der Waals surface area contributed by atoms with Gasteiger partial charge in [-0.2, -0.15) is 0 Å². The smallest absolute Gasteiger partial charge is 0.248 e. The molecule has 0 saturated heterocycles. The molecular weight excluding hydrogens is 569 g/mol. The number of benzene rings is 2. The van der Waals surface area contributed by atoms with E-state index in [1.165, 1.54) is 12.1 Å². The Bertz CT molecular complexity index is 1960. The molecule has 1 amide bonds. The first kappa shape index (κ1) is 28.1. The lowest BCUT2D eigenvalue weighted by Gasteiger charge is -2.13. The molecule has 0 aliphatic carbocycles. The van der Waals surface area contributed by atoms with Gasteiger partial charge in [0.15, 0.2) is 0 Å². The predicted molar refractivity (Wildman–Crippen MR) is 158 cm³/mol. The first-order valence-electron chi connectivity index (χ1n) is 12.4. The lowest BCUT2D eigenvalue weighted by atomic mass is 9.98. The molecule has 0 fully saturated rings. The zero-order valence-electron chi connectivity index (χ0n) is 22.2. The predicted octanol–water partition coefficient (Wildman–Crippen LogP) is 6.99. The topological polar surface area (TPSA) is 68.4 Å². The van der Waals surface area contributed by atoms with Crippen LogP contribution in [0.4, 0.5) is 14.5 Å². The Balaban J connectivity index is 1.64. The van der Waals surface area contributed by atoms with Gasteiger partial charge in [-0.05, 0) is 49.7 Å². The molecule has 206 valence electrons. The van der Waals surface area contributed by atoms with Crippen molar-refractivity contribution < 1.29 is 18.4 Å². The average molecular weight is 591 g/mol. The van der Waals surface area contributed by atoms with Gasteiger partial charge >= 0.3 is 0 Å². The summed E-state index contributed by atoms with van der Waals surface area (Å²) >= 11 is 12.4. The number of carbonyl (C=O) groups is 2. The van der Waals surface area contributed by atoms with Crippen molar-refractivity contribution in [2.75, 3.05) is 11.2 Å². The third kappa shape index (κ3) is 4.77. The van der Waals surface area contributed by atoms with E-state index in [1.807, 2.05) is 37.6 Å². The maximum atomic E-state index is 14.9. The summed E-state index contributed by atoms with van der Waals surface area (Å²) in [7, 11) is 1.91. The molecule has 0 spiro atoms. The molecule has 0 aliphatic heterocycles. The highest BCUT2D eigenvalue weighted by atomic mass is 35.5. The first-order chi connectivity index (χ1) is 19.6. The molecule has 0 unspecified atom stereocenters. The summed E-state index contributed by atoms with van der Waals surface area (Å²) in [5.41, 5.74) is 3.85. The van der Waals surface area contributed by atoms with Crippen molar-refractivity contribution in [3.8, 4) is 23.5 Å². The van der Waals surface area contributed by atoms with Crippen molar-refractivity contribution in [1.82, 2.24) is 14.0 Å². The normalized spacial score (nSPS) is 11.5. The quantitative estimate of drug-likeness (QED) is 0.100. The molecule has 0 radical (unpaired) electrons. The fraction of sp³-hybridized carbons (Fsp3) is 0.129. The number of allylic oxidation sites excluding steroid dienone is 1. The van der Waals surface area contributed by atoms with Crippen LogP contribution in [0.1, 0.15) is 33.0 Å². The second kappa shape index (κ2) is 10.8. The molecule has 0 atom stereocenters. The largest absolute Gasteiger partial charge is 0.331 e. The highest BCUT2D eigenvalue weighted by Crippen LogP contribution is 2.40. The van der Waals surface area contributed by atoms with Crippen molar-refractivity contribution in [3.05, 3.63) is 99.6 Å². The van der Waals surface area contributed by atoms with Crippen LogP contribution in [0.25, 0.3) is 27.7 Å². The van der Waals surface area contributed by atoms with Crippen LogP contribution in [0.5, 0.6) is 0 Å². The number of pyridine rings is 1. The minimum atomic E-state index is -1.11. The molecule has 41 heavy (non-hydrogen) atoms. The Hall–Kier alpha value is -4.45. The maximum Gasteiger partial charge on any atom is 0.248 e. The third-order valence-electron chi connectivity index (χ3n) is 6.90. The van der Waals surface area contributed by atoms with Gasteiger partial charge in [-0.1, -0.05) is 29.7 Å². The molecule has 6 nitrogen and oxygen atoms in total. The highest BCUT2D eigenvalue weighted by Gasteiger charge is 2.24. The number of hydrogen-bond donors (Lipinski definition) is 1. The van der Waals surface area contributed by atoms with Crippen LogP contribution in [0.3, 0.4) is 0 Å².